The number of rotatable bonds is 1. The van der Waals surface area contributed by atoms with Crippen LogP contribution in [0.2, 0.25) is 0 Å². The second kappa shape index (κ2) is 3.28. The fourth-order valence-electron chi connectivity index (χ4n) is 0.652. The van der Waals surface area contributed by atoms with Gasteiger partial charge in [0.1, 0.15) is 0 Å². The Balaban J connectivity index is 2.81. The summed E-state index contributed by atoms with van der Waals surface area (Å²) < 4.78 is 3.20. The van der Waals surface area contributed by atoms with Gasteiger partial charge in [0.05, 0.1) is 4.90 Å². The van der Waals surface area contributed by atoms with Crippen molar-refractivity contribution in [3.05, 3.63) is 40.7 Å². The van der Waals surface area contributed by atoms with E-state index in [1.165, 1.54) is 17.5 Å². The summed E-state index contributed by atoms with van der Waals surface area (Å²) >= 11 is 1.18. The molecule has 0 aliphatic rings. The van der Waals surface area contributed by atoms with Crippen molar-refractivity contribution >= 4 is 11.9 Å². The second-order valence-electron chi connectivity index (χ2n) is 2.00. The predicted molar refractivity (Wildman–Crippen MR) is 43.6 cm³/mol. The number of nitrogens with zero attached hydrogens (tertiary/aromatic N) is 1. The molecule has 0 aliphatic carbocycles. The molecule has 0 N–H and O–H groups in total. The lowest BCUT2D eigenvalue weighted by Crippen LogP contribution is -1.69. The molecule has 1 rings (SSSR count). The molecule has 10 heavy (non-hydrogen) atoms. The third-order valence-electron chi connectivity index (χ3n) is 1.17. The maximum atomic E-state index is 6.58. The molecule has 0 unspecified atom stereocenters. The lowest BCUT2D eigenvalue weighted by atomic mass is 10.2. The van der Waals surface area contributed by atoms with Crippen LogP contribution in [-0.4, -0.2) is 0 Å². The molecule has 0 aromatic heterocycles. The molecule has 0 spiro atoms. The van der Waals surface area contributed by atoms with Crippen LogP contribution in [0.25, 0.3) is 4.25 Å². The zero-order valence-corrected chi connectivity index (χ0v) is 6.48. The third-order valence-corrected chi connectivity index (χ3v) is 1.75. The molecule has 0 saturated heterocycles. The first-order valence-electron chi connectivity index (χ1n) is 2.93. The van der Waals surface area contributed by atoms with E-state index in [0.29, 0.717) is 0 Å². The minimum absolute atomic E-state index is 1.01. The van der Waals surface area contributed by atoms with Gasteiger partial charge in [-0.3, -0.25) is 0 Å². The molecule has 1 nitrogen and oxygen atoms in total. The Hall–Kier alpha value is -0.940. The summed E-state index contributed by atoms with van der Waals surface area (Å²) in [6, 6.07) is 7.93. The molecule has 0 saturated carbocycles. The van der Waals surface area contributed by atoms with Gasteiger partial charge in [-0.15, -0.1) is 0 Å². The van der Waals surface area contributed by atoms with Gasteiger partial charge in [0.25, 0.3) is 11.9 Å². The van der Waals surface area contributed by atoms with E-state index < -0.39 is 0 Å². The van der Waals surface area contributed by atoms with Gasteiger partial charge in [-0.25, -0.2) is 10.8 Å². The van der Waals surface area contributed by atoms with Crippen LogP contribution in [0.15, 0.2) is 29.2 Å². The Morgan fingerprint density at radius 1 is 1.30 bits per heavy atom. The Bertz CT molecular complexity index is 245. The minimum atomic E-state index is 1.01. The number of benzene rings is 1. The summed E-state index contributed by atoms with van der Waals surface area (Å²) in [7, 11) is 0. The van der Waals surface area contributed by atoms with Gasteiger partial charge in [0, 0.05) is 0 Å². The van der Waals surface area contributed by atoms with Crippen molar-refractivity contribution in [1.82, 2.24) is 0 Å². The van der Waals surface area contributed by atoms with Crippen molar-refractivity contribution < 1.29 is 0 Å². The first kappa shape index (κ1) is 7.17. The summed E-state index contributed by atoms with van der Waals surface area (Å²) in [5, 5.41) is 0. The summed E-state index contributed by atoms with van der Waals surface area (Å²) in [5.41, 5.74) is 1.23. The Labute approximate surface area is 65.0 Å². The normalized spacial score (nSPS) is 8.80. The van der Waals surface area contributed by atoms with Gasteiger partial charge in [-0.2, -0.15) is 0 Å². The van der Waals surface area contributed by atoms with E-state index in [0.717, 1.165) is 4.90 Å². The zero-order chi connectivity index (χ0) is 7.40. The minimum Gasteiger partial charge on any atom is -0.223 e. The second-order valence-corrected chi connectivity index (χ2v) is 2.83. The van der Waals surface area contributed by atoms with E-state index in [2.05, 4.69) is 4.25 Å². The van der Waals surface area contributed by atoms with E-state index in [4.69, 9.17) is 6.57 Å². The summed E-state index contributed by atoms with van der Waals surface area (Å²) in [4.78, 5) is 1.01. The molecule has 0 fully saturated rings. The highest BCUT2D eigenvalue weighted by Crippen LogP contribution is 2.18. The molecular formula is C8H7NS. The molecule has 1 aromatic rings. The van der Waals surface area contributed by atoms with E-state index in [-0.39, 0.29) is 0 Å². The van der Waals surface area contributed by atoms with E-state index in [9.17, 15) is 0 Å². The van der Waals surface area contributed by atoms with Crippen molar-refractivity contribution in [3.8, 4) is 0 Å². The van der Waals surface area contributed by atoms with Crippen LogP contribution in [0.4, 0.5) is 0 Å². The molecule has 0 radical (unpaired) electrons. The van der Waals surface area contributed by atoms with Crippen LogP contribution in [0.1, 0.15) is 5.56 Å². The standard InChI is InChI=1S/C8H7NS/c1-7-3-5-8(6-4-7)10-9-2/h3-6H,1H3. The number of hydrogen-bond acceptors (Lipinski definition) is 1. The summed E-state index contributed by atoms with van der Waals surface area (Å²) in [6.45, 7) is 8.62. The van der Waals surface area contributed by atoms with E-state index >= 15 is 0 Å². The Morgan fingerprint density at radius 2 is 1.90 bits per heavy atom. The smallest absolute Gasteiger partial charge is 0.223 e. The lowest BCUT2D eigenvalue weighted by molar-refractivity contribution is 1.38. The molecule has 0 amide bonds. The van der Waals surface area contributed by atoms with Gasteiger partial charge in [0.15, 0.2) is 0 Å². The van der Waals surface area contributed by atoms with Crippen LogP contribution >= 0.6 is 11.9 Å². The predicted octanol–water partition coefficient (Wildman–Crippen LogP) is 2.92. The van der Waals surface area contributed by atoms with Gasteiger partial charge in [-0.1, -0.05) is 17.7 Å². The third kappa shape index (κ3) is 1.78. The largest absolute Gasteiger partial charge is 0.294 e. The summed E-state index contributed by atoms with van der Waals surface area (Å²) in [6.07, 6.45) is 0. The maximum Gasteiger partial charge on any atom is 0.294 e. The highest BCUT2D eigenvalue weighted by Gasteiger charge is 1.94. The molecule has 2 heteroatoms. The zero-order valence-electron chi connectivity index (χ0n) is 5.66. The molecule has 0 aliphatic heterocycles. The van der Waals surface area contributed by atoms with Gasteiger partial charge in [0.2, 0.25) is 0 Å². The molecule has 0 bridgehead atoms. The summed E-state index contributed by atoms with van der Waals surface area (Å²) in [5.74, 6) is 0. The van der Waals surface area contributed by atoms with Crippen LogP contribution < -0.4 is 0 Å². The lowest BCUT2D eigenvalue weighted by Gasteiger charge is -1.89. The molecule has 0 atom stereocenters. The Kier molecular flexibility index (Phi) is 2.35. The fraction of sp³-hybridized carbons (Fsp3) is 0.125. The van der Waals surface area contributed by atoms with Gasteiger partial charge < -0.3 is 0 Å². The number of aryl methyl sites for hydroxylation is 1. The Morgan fingerprint density at radius 3 is 2.40 bits per heavy atom. The van der Waals surface area contributed by atoms with Crippen molar-refractivity contribution in [2.45, 2.75) is 11.8 Å². The fourth-order valence-corrected chi connectivity index (χ4v) is 1.02. The molecule has 0 heterocycles. The highest BCUT2D eigenvalue weighted by molar-refractivity contribution is 8.01. The molecule has 50 valence electrons. The molecular weight excluding hydrogens is 142 g/mol. The van der Waals surface area contributed by atoms with Gasteiger partial charge in [-0.05, 0) is 19.1 Å². The topological polar surface area (TPSA) is 4.36 Å². The highest BCUT2D eigenvalue weighted by atomic mass is 32.2. The van der Waals surface area contributed by atoms with Crippen molar-refractivity contribution in [2.75, 3.05) is 0 Å². The van der Waals surface area contributed by atoms with Gasteiger partial charge >= 0.3 is 0 Å². The van der Waals surface area contributed by atoms with E-state index in [1.54, 1.807) is 0 Å². The SMILES string of the molecule is [C-]#[N+]Sc1ccc(C)cc1. The maximum absolute atomic E-state index is 6.58. The average Bonchev–Trinajstić information content (AvgIpc) is 1.95. The van der Waals surface area contributed by atoms with Crippen LogP contribution in [0.3, 0.4) is 0 Å². The first-order valence-corrected chi connectivity index (χ1v) is 3.71. The average molecular weight is 149 g/mol. The monoisotopic (exact) mass is 149 g/mol. The van der Waals surface area contributed by atoms with Crippen molar-refractivity contribution in [3.63, 3.8) is 0 Å². The molecule has 1 aromatic carbocycles. The van der Waals surface area contributed by atoms with Crippen LogP contribution in [-0.2, 0) is 0 Å². The van der Waals surface area contributed by atoms with E-state index in [1.807, 2.05) is 31.2 Å². The van der Waals surface area contributed by atoms with Crippen molar-refractivity contribution in [2.24, 2.45) is 0 Å². The quantitative estimate of drug-likeness (QED) is 0.439. The van der Waals surface area contributed by atoms with Crippen molar-refractivity contribution in [1.29, 1.82) is 0 Å². The van der Waals surface area contributed by atoms with Crippen LogP contribution in [0.5, 0.6) is 0 Å². The number of hydrogen-bond donors (Lipinski definition) is 0. The first-order chi connectivity index (χ1) is 4.83. The van der Waals surface area contributed by atoms with Crippen LogP contribution in [0, 0.1) is 13.5 Å².